The highest BCUT2D eigenvalue weighted by Gasteiger charge is 2.33. The summed E-state index contributed by atoms with van der Waals surface area (Å²) >= 11 is 6.56. The van der Waals surface area contributed by atoms with E-state index in [2.05, 4.69) is 16.0 Å². The molecule has 0 saturated carbocycles. The Kier molecular flexibility index (Phi) is 8.37. The normalized spacial score (nSPS) is 15.2. The van der Waals surface area contributed by atoms with Gasteiger partial charge in [-0.05, 0) is 39.0 Å². The number of halogens is 1. The summed E-state index contributed by atoms with van der Waals surface area (Å²) in [5, 5.41) is 8.43. The number of hydrogen-bond donors (Lipinski definition) is 3. The molecule has 0 fully saturated rings. The number of para-hydroxylation sites is 1. The van der Waals surface area contributed by atoms with E-state index in [1.54, 1.807) is 51.1 Å². The van der Waals surface area contributed by atoms with Crippen molar-refractivity contribution in [2.24, 2.45) is 0 Å². The summed E-state index contributed by atoms with van der Waals surface area (Å²) in [5.41, 5.74) is 1.71. The minimum Gasteiger partial charge on any atom is -0.490 e. The van der Waals surface area contributed by atoms with Crippen LogP contribution >= 0.6 is 11.6 Å². The molecule has 0 aromatic heterocycles. The van der Waals surface area contributed by atoms with Crippen molar-refractivity contribution in [1.82, 2.24) is 10.6 Å². The van der Waals surface area contributed by atoms with Crippen molar-refractivity contribution in [2.75, 3.05) is 25.1 Å². The van der Waals surface area contributed by atoms with Gasteiger partial charge in [-0.3, -0.25) is 4.79 Å². The lowest BCUT2D eigenvalue weighted by atomic mass is 9.94. The van der Waals surface area contributed by atoms with Gasteiger partial charge < -0.3 is 30.2 Å². The van der Waals surface area contributed by atoms with Gasteiger partial charge in [-0.1, -0.05) is 29.8 Å². The Labute approximate surface area is 202 Å². The van der Waals surface area contributed by atoms with Crippen LogP contribution in [0.4, 0.5) is 10.5 Å². The van der Waals surface area contributed by atoms with Crippen LogP contribution in [0.25, 0.3) is 0 Å². The summed E-state index contributed by atoms with van der Waals surface area (Å²) in [7, 11) is 0. The summed E-state index contributed by atoms with van der Waals surface area (Å²) in [6.07, 6.45) is 0. The van der Waals surface area contributed by atoms with Gasteiger partial charge in [-0.25, -0.2) is 9.59 Å². The molecule has 0 bridgehead atoms. The second kappa shape index (κ2) is 11.4. The molecule has 0 radical (unpaired) electrons. The first-order valence-corrected chi connectivity index (χ1v) is 11.1. The Morgan fingerprint density at radius 1 is 1.06 bits per heavy atom. The van der Waals surface area contributed by atoms with Gasteiger partial charge in [-0.2, -0.15) is 0 Å². The molecule has 34 heavy (non-hydrogen) atoms. The minimum absolute atomic E-state index is 0.215. The van der Waals surface area contributed by atoms with Crippen LogP contribution in [0.2, 0.25) is 5.02 Å². The molecular formula is C24H26ClN3O6. The zero-order valence-electron chi connectivity index (χ0n) is 19.1. The third kappa shape index (κ3) is 5.99. The highest BCUT2D eigenvalue weighted by molar-refractivity contribution is 6.31. The average molecular weight is 488 g/mol. The number of ether oxygens (including phenoxy) is 3. The molecule has 180 valence electrons. The maximum atomic E-state index is 13.2. The van der Waals surface area contributed by atoms with Gasteiger partial charge in [0.25, 0.3) is 5.91 Å². The average Bonchev–Trinajstić information content (AvgIpc) is 2.79. The van der Waals surface area contributed by atoms with Gasteiger partial charge in [0.15, 0.2) is 18.1 Å². The Balaban J connectivity index is 1.96. The number of amides is 3. The lowest BCUT2D eigenvalue weighted by molar-refractivity contribution is -0.145. The minimum atomic E-state index is -0.858. The molecule has 0 spiro atoms. The number of carbonyl (C=O) groups excluding carboxylic acids is 3. The number of urea groups is 1. The van der Waals surface area contributed by atoms with E-state index >= 15 is 0 Å². The molecule has 1 aliphatic rings. The Morgan fingerprint density at radius 3 is 2.44 bits per heavy atom. The van der Waals surface area contributed by atoms with Gasteiger partial charge in [0.2, 0.25) is 0 Å². The maximum absolute atomic E-state index is 13.2. The van der Waals surface area contributed by atoms with Gasteiger partial charge in [0, 0.05) is 23.0 Å². The first-order valence-electron chi connectivity index (χ1n) is 10.7. The zero-order valence-corrected chi connectivity index (χ0v) is 19.8. The molecule has 3 N–H and O–H groups in total. The SMILES string of the molecule is CCOC(=O)COc1cc(Cl)c(C2NC(=O)NC(C)=C2C(=O)Nc2ccccc2)cc1OCC. The molecule has 0 aliphatic carbocycles. The quantitative estimate of drug-likeness (QED) is 0.461. The lowest BCUT2D eigenvalue weighted by Crippen LogP contribution is -2.46. The summed E-state index contributed by atoms with van der Waals surface area (Å²) in [4.78, 5) is 37.2. The standard InChI is InChI=1S/C24H26ClN3O6/c1-4-32-18-11-16(17(25)12-19(18)34-13-20(29)33-5-2)22-21(14(3)26-24(31)28-22)23(30)27-15-9-7-6-8-10-15/h6-12,22H,4-5,13H2,1-3H3,(H,27,30)(H2,26,28,31). The van der Waals surface area contributed by atoms with Crippen molar-refractivity contribution in [2.45, 2.75) is 26.8 Å². The predicted octanol–water partition coefficient (Wildman–Crippen LogP) is 3.95. The van der Waals surface area contributed by atoms with E-state index in [9.17, 15) is 14.4 Å². The van der Waals surface area contributed by atoms with E-state index in [0.717, 1.165) is 0 Å². The van der Waals surface area contributed by atoms with E-state index < -0.39 is 23.9 Å². The largest absolute Gasteiger partial charge is 0.490 e. The van der Waals surface area contributed by atoms with Crippen molar-refractivity contribution in [1.29, 1.82) is 0 Å². The van der Waals surface area contributed by atoms with Gasteiger partial charge in [-0.15, -0.1) is 0 Å². The van der Waals surface area contributed by atoms with Crippen molar-refractivity contribution in [3.8, 4) is 11.5 Å². The summed E-state index contributed by atoms with van der Waals surface area (Å²) in [6.45, 7) is 5.35. The summed E-state index contributed by atoms with van der Waals surface area (Å²) in [5.74, 6) is -0.397. The maximum Gasteiger partial charge on any atom is 0.344 e. The third-order valence-corrected chi connectivity index (χ3v) is 5.20. The number of anilines is 1. The Hall–Kier alpha value is -3.72. The second-order valence-corrected chi connectivity index (χ2v) is 7.64. The van der Waals surface area contributed by atoms with Crippen LogP contribution in [-0.4, -0.2) is 37.7 Å². The highest BCUT2D eigenvalue weighted by atomic mass is 35.5. The van der Waals surface area contributed by atoms with Crippen LogP contribution in [0.5, 0.6) is 11.5 Å². The molecule has 2 aromatic carbocycles. The topological polar surface area (TPSA) is 115 Å². The molecule has 2 aromatic rings. The fourth-order valence-corrected chi connectivity index (χ4v) is 3.70. The van der Waals surface area contributed by atoms with Crippen molar-refractivity contribution >= 4 is 35.2 Å². The van der Waals surface area contributed by atoms with E-state index in [0.29, 0.717) is 29.3 Å². The van der Waals surface area contributed by atoms with E-state index in [-0.39, 0.29) is 29.6 Å². The number of benzene rings is 2. The number of rotatable bonds is 9. The Bertz CT molecular complexity index is 1100. The fourth-order valence-electron chi connectivity index (χ4n) is 3.44. The molecule has 10 heteroatoms. The number of carbonyl (C=O) groups is 3. The Morgan fingerprint density at radius 2 is 1.76 bits per heavy atom. The summed E-state index contributed by atoms with van der Waals surface area (Å²) in [6, 6.07) is 10.7. The molecular weight excluding hydrogens is 462 g/mol. The van der Waals surface area contributed by atoms with Crippen LogP contribution in [0.15, 0.2) is 53.7 Å². The number of esters is 1. The smallest absolute Gasteiger partial charge is 0.344 e. The van der Waals surface area contributed by atoms with E-state index in [1.165, 1.54) is 6.07 Å². The molecule has 1 aliphatic heterocycles. The molecule has 3 amide bonds. The van der Waals surface area contributed by atoms with Crippen molar-refractivity contribution in [3.05, 3.63) is 64.3 Å². The van der Waals surface area contributed by atoms with Crippen molar-refractivity contribution < 1.29 is 28.6 Å². The summed E-state index contributed by atoms with van der Waals surface area (Å²) < 4.78 is 16.1. The van der Waals surface area contributed by atoms with Crippen LogP contribution < -0.4 is 25.4 Å². The lowest BCUT2D eigenvalue weighted by Gasteiger charge is -2.29. The molecule has 0 saturated heterocycles. The molecule has 1 atom stereocenters. The molecule has 3 rings (SSSR count). The molecule has 1 unspecified atom stereocenters. The van der Waals surface area contributed by atoms with Gasteiger partial charge in [0.05, 0.1) is 29.9 Å². The number of allylic oxidation sites excluding steroid dienone is 1. The highest BCUT2D eigenvalue weighted by Crippen LogP contribution is 2.39. The van der Waals surface area contributed by atoms with Crippen LogP contribution in [-0.2, 0) is 14.3 Å². The zero-order chi connectivity index (χ0) is 24.7. The van der Waals surface area contributed by atoms with Crippen LogP contribution in [0, 0.1) is 0 Å². The monoisotopic (exact) mass is 487 g/mol. The van der Waals surface area contributed by atoms with Gasteiger partial charge >= 0.3 is 12.0 Å². The first-order chi connectivity index (χ1) is 16.3. The fraction of sp³-hybridized carbons (Fsp3) is 0.292. The number of hydrogen-bond acceptors (Lipinski definition) is 6. The number of nitrogens with one attached hydrogen (secondary N) is 3. The van der Waals surface area contributed by atoms with Crippen LogP contribution in [0.3, 0.4) is 0 Å². The third-order valence-electron chi connectivity index (χ3n) is 4.87. The second-order valence-electron chi connectivity index (χ2n) is 7.24. The van der Waals surface area contributed by atoms with E-state index in [1.807, 2.05) is 6.07 Å². The predicted molar refractivity (Wildman–Crippen MR) is 127 cm³/mol. The van der Waals surface area contributed by atoms with E-state index in [4.69, 9.17) is 25.8 Å². The van der Waals surface area contributed by atoms with Crippen LogP contribution in [0.1, 0.15) is 32.4 Å². The molecule has 1 heterocycles. The first kappa shape index (κ1) is 24.9. The molecule has 9 nitrogen and oxygen atoms in total. The van der Waals surface area contributed by atoms with Gasteiger partial charge in [0.1, 0.15) is 0 Å². The van der Waals surface area contributed by atoms with Crippen molar-refractivity contribution in [3.63, 3.8) is 0 Å².